The van der Waals surface area contributed by atoms with Gasteiger partial charge in [-0.3, -0.25) is 14.4 Å². The number of hydrogen-bond donors (Lipinski definition) is 0. The van der Waals surface area contributed by atoms with Crippen LogP contribution in [0.25, 0.3) is 0 Å². The van der Waals surface area contributed by atoms with Crippen molar-refractivity contribution in [3.05, 3.63) is 122 Å². The number of unbranched alkanes of at least 4 members (excludes halogenated alkanes) is 32. The predicted molar refractivity (Wildman–Crippen MR) is 362 cm³/mol. The molecule has 0 aromatic heterocycles. The summed E-state index contributed by atoms with van der Waals surface area (Å²) in [5, 5.41) is 0. The van der Waals surface area contributed by atoms with Crippen molar-refractivity contribution in [1.29, 1.82) is 0 Å². The molecule has 6 nitrogen and oxygen atoms in total. The van der Waals surface area contributed by atoms with Crippen molar-refractivity contribution in [2.24, 2.45) is 0 Å². The summed E-state index contributed by atoms with van der Waals surface area (Å²) in [6.45, 7) is 6.52. The topological polar surface area (TPSA) is 78.9 Å². The summed E-state index contributed by atoms with van der Waals surface area (Å²) >= 11 is 0. The predicted octanol–water partition coefficient (Wildman–Crippen LogP) is 24.3. The molecule has 0 aromatic carbocycles. The number of hydrogen-bond acceptors (Lipinski definition) is 6. The average molecular weight is 1150 g/mol. The highest BCUT2D eigenvalue weighted by molar-refractivity contribution is 5.71. The Bertz CT molecular complexity index is 1700. The third kappa shape index (κ3) is 68.5. The molecule has 0 N–H and O–H groups in total. The Labute approximate surface area is 513 Å². The van der Waals surface area contributed by atoms with Crippen LogP contribution in [0.15, 0.2) is 122 Å². The Morgan fingerprint density at radius 2 is 0.470 bits per heavy atom. The fourth-order valence-electron chi connectivity index (χ4n) is 9.73. The van der Waals surface area contributed by atoms with Crippen molar-refractivity contribution in [2.45, 2.75) is 335 Å². The summed E-state index contributed by atoms with van der Waals surface area (Å²) in [6.07, 6.45) is 98.0. The van der Waals surface area contributed by atoms with E-state index < -0.39 is 6.10 Å². The quantitative estimate of drug-likeness (QED) is 0.0261. The molecule has 0 spiro atoms. The third-order valence-corrected chi connectivity index (χ3v) is 15.0. The van der Waals surface area contributed by atoms with E-state index in [1.54, 1.807) is 0 Å². The minimum Gasteiger partial charge on any atom is -0.462 e. The van der Waals surface area contributed by atoms with Crippen molar-refractivity contribution >= 4 is 17.9 Å². The van der Waals surface area contributed by atoms with Gasteiger partial charge in [-0.15, -0.1) is 0 Å². The van der Waals surface area contributed by atoms with Crippen molar-refractivity contribution < 1.29 is 28.6 Å². The highest BCUT2D eigenvalue weighted by Gasteiger charge is 2.19. The number of carbonyl (C=O) groups is 3. The lowest BCUT2D eigenvalue weighted by atomic mass is 10.0. The Hall–Kier alpha value is -4.19. The summed E-state index contributed by atoms with van der Waals surface area (Å²) in [4.78, 5) is 38.3. The normalized spacial score (nSPS) is 12.9. The standard InChI is InChI=1S/C77H130O6/c1-4-7-10-13-16-19-21-23-25-27-29-31-33-34-35-36-37-38-39-40-41-42-44-45-47-49-51-53-55-58-61-64-67-70-76(79)82-73-74(72-81-75(78)69-66-63-60-57-18-15-12-9-6-3)83-77(80)71-68-65-62-59-56-54-52-50-48-46-43-32-30-28-26-24-22-20-17-14-11-8-5-2/h7,10,16,19,23,25,28-31,34-35,37-38,40-41,44-45,49,51,74H,4-6,8-9,11-15,17-18,20-22,24,26-27,32-33,36,39,42-43,46-48,50,52-73H2,1-3H3/b10-7-,19-16-,25-23-,30-28-,31-29-,35-34-,38-37-,41-40-,45-44-,51-49-. The minimum absolute atomic E-state index is 0.0832. The van der Waals surface area contributed by atoms with Gasteiger partial charge in [-0.2, -0.15) is 0 Å². The van der Waals surface area contributed by atoms with Crippen LogP contribution in [0.1, 0.15) is 329 Å². The lowest BCUT2D eigenvalue weighted by Crippen LogP contribution is -2.30. The Morgan fingerprint density at radius 1 is 0.253 bits per heavy atom. The van der Waals surface area contributed by atoms with E-state index in [9.17, 15) is 14.4 Å². The molecule has 0 radical (unpaired) electrons. The van der Waals surface area contributed by atoms with Crippen molar-refractivity contribution in [3.8, 4) is 0 Å². The van der Waals surface area contributed by atoms with Crippen LogP contribution >= 0.6 is 0 Å². The van der Waals surface area contributed by atoms with Gasteiger partial charge in [-0.25, -0.2) is 0 Å². The minimum atomic E-state index is -0.787. The van der Waals surface area contributed by atoms with Crippen molar-refractivity contribution in [3.63, 3.8) is 0 Å². The fourth-order valence-corrected chi connectivity index (χ4v) is 9.73. The van der Waals surface area contributed by atoms with E-state index in [2.05, 4.69) is 142 Å². The second-order valence-corrected chi connectivity index (χ2v) is 23.1. The molecule has 0 fully saturated rings. The number of esters is 3. The molecule has 0 aliphatic heterocycles. The monoisotopic (exact) mass is 1150 g/mol. The molecule has 0 heterocycles. The van der Waals surface area contributed by atoms with E-state index in [1.807, 2.05) is 0 Å². The SMILES string of the molecule is CC/C=C\C/C=C\C/C=C\C/C=C\C/C=C\C/C=C\C/C=C\C/C=C\C/C=C\CCCCCCCC(=O)OCC(COC(=O)CCCCCCCCCCC)OC(=O)CCCCCCCCCCCCC/C=C\CCCCCCCCCC. The van der Waals surface area contributed by atoms with Gasteiger partial charge < -0.3 is 14.2 Å². The van der Waals surface area contributed by atoms with Gasteiger partial charge in [0.1, 0.15) is 13.2 Å². The second-order valence-electron chi connectivity index (χ2n) is 23.1. The first kappa shape index (κ1) is 78.8. The zero-order valence-corrected chi connectivity index (χ0v) is 54.4. The van der Waals surface area contributed by atoms with Crippen LogP contribution in [0.3, 0.4) is 0 Å². The molecule has 0 aromatic rings. The lowest BCUT2D eigenvalue weighted by Gasteiger charge is -2.18. The zero-order chi connectivity index (χ0) is 59.9. The van der Waals surface area contributed by atoms with Gasteiger partial charge in [-0.05, 0) is 116 Å². The van der Waals surface area contributed by atoms with E-state index >= 15 is 0 Å². The molecule has 1 unspecified atom stereocenters. The van der Waals surface area contributed by atoms with Gasteiger partial charge in [-0.1, -0.05) is 316 Å². The molecule has 0 aliphatic carbocycles. The average Bonchev–Trinajstić information content (AvgIpc) is 3.49. The molecule has 474 valence electrons. The molecule has 1 atom stereocenters. The van der Waals surface area contributed by atoms with Gasteiger partial charge >= 0.3 is 17.9 Å². The molecular formula is C77H130O6. The van der Waals surface area contributed by atoms with Gasteiger partial charge in [0, 0.05) is 19.3 Å². The molecule has 0 rings (SSSR count). The Balaban J connectivity index is 4.24. The first-order valence-corrected chi connectivity index (χ1v) is 35.0. The van der Waals surface area contributed by atoms with Crippen molar-refractivity contribution in [1.82, 2.24) is 0 Å². The number of carbonyl (C=O) groups excluding carboxylic acids is 3. The van der Waals surface area contributed by atoms with Crippen LogP contribution in [0.2, 0.25) is 0 Å². The molecule has 83 heavy (non-hydrogen) atoms. The molecule has 0 amide bonds. The Kier molecular flexibility index (Phi) is 66.7. The highest BCUT2D eigenvalue weighted by Crippen LogP contribution is 2.16. The fraction of sp³-hybridized carbons (Fsp3) is 0.701. The number of rotatable bonds is 63. The van der Waals surface area contributed by atoms with Gasteiger partial charge in [0.15, 0.2) is 6.10 Å². The maximum absolute atomic E-state index is 12.9. The number of allylic oxidation sites excluding steroid dienone is 20. The number of ether oxygens (including phenoxy) is 3. The first-order valence-electron chi connectivity index (χ1n) is 35.0. The van der Waals surface area contributed by atoms with E-state index in [-0.39, 0.29) is 31.1 Å². The molecular weight excluding hydrogens is 1020 g/mol. The second kappa shape index (κ2) is 70.3. The summed E-state index contributed by atoms with van der Waals surface area (Å²) in [7, 11) is 0. The van der Waals surface area contributed by atoms with Crippen LogP contribution < -0.4 is 0 Å². The molecule has 0 bridgehead atoms. The van der Waals surface area contributed by atoms with Crippen LogP contribution in [0, 0.1) is 0 Å². The Morgan fingerprint density at radius 3 is 0.747 bits per heavy atom. The van der Waals surface area contributed by atoms with E-state index in [1.165, 1.54) is 154 Å². The molecule has 0 aliphatic rings. The maximum Gasteiger partial charge on any atom is 0.306 e. The zero-order valence-electron chi connectivity index (χ0n) is 54.4. The van der Waals surface area contributed by atoms with E-state index in [0.717, 1.165) is 135 Å². The summed E-state index contributed by atoms with van der Waals surface area (Å²) < 4.78 is 16.9. The molecule has 0 saturated heterocycles. The van der Waals surface area contributed by atoms with Crippen LogP contribution in [0.4, 0.5) is 0 Å². The molecule has 6 heteroatoms. The highest BCUT2D eigenvalue weighted by atomic mass is 16.6. The summed E-state index contributed by atoms with van der Waals surface area (Å²) in [5.41, 5.74) is 0. The first-order chi connectivity index (χ1) is 41.0. The largest absolute Gasteiger partial charge is 0.462 e. The third-order valence-electron chi connectivity index (χ3n) is 15.0. The smallest absolute Gasteiger partial charge is 0.306 e. The van der Waals surface area contributed by atoms with Gasteiger partial charge in [0.2, 0.25) is 0 Å². The van der Waals surface area contributed by atoms with Gasteiger partial charge in [0.25, 0.3) is 0 Å². The van der Waals surface area contributed by atoms with Crippen molar-refractivity contribution in [2.75, 3.05) is 13.2 Å². The maximum atomic E-state index is 12.9. The summed E-state index contributed by atoms with van der Waals surface area (Å²) in [6, 6.07) is 0. The van der Waals surface area contributed by atoms with Crippen LogP contribution in [-0.2, 0) is 28.6 Å². The van der Waals surface area contributed by atoms with E-state index in [0.29, 0.717) is 19.3 Å². The van der Waals surface area contributed by atoms with Crippen LogP contribution in [-0.4, -0.2) is 37.2 Å². The van der Waals surface area contributed by atoms with E-state index in [4.69, 9.17) is 14.2 Å². The van der Waals surface area contributed by atoms with Crippen LogP contribution in [0.5, 0.6) is 0 Å². The van der Waals surface area contributed by atoms with Gasteiger partial charge in [0.05, 0.1) is 0 Å². The summed E-state index contributed by atoms with van der Waals surface area (Å²) in [5.74, 6) is -0.897. The lowest BCUT2D eigenvalue weighted by molar-refractivity contribution is -0.167. The molecule has 0 saturated carbocycles.